The minimum absolute atomic E-state index is 0.143. The van der Waals surface area contributed by atoms with E-state index >= 15 is 0 Å². The van der Waals surface area contributed by atoms with Crippen LogP contribution in [0, 0.1) is 0 Å². The quantitative estimate of drug-likeness (QED) is 0.728. The highest BCUT2D eigenvalue weighted by Gasteiger charge is 2.23. The van der Waals surface area contributed by atoms with Gasteiger partial charge in [0.15, 0.2) is 0 Å². The van der Waals surface area contributed by atoms with E-state index in [1.807, 2.05) is 0 Å². The molecule has 1 aliphatic heterocycles. The van der Waals surface area contributed by atoms with Crippen molar-refractivity contribution >= 4 is 23.2 Å². The Balaban J connectivity index is 1.89. The molecule has 126 valence electrons. The van der Waals surface area contributed by atoms with Crippen LogP contribution in [0.25, 0.3) is 0 Å². The summed E-state index contributed by atoms with van der Waals surface area (Å²) in [6, 6.07) is 6.08. The fourth-order valence-electron chi connectivity index (χ4n) is 2.23. The molecule has 1 saturated heterocycles. The smallest absolute Gasteiger partial charge is 0.253 e. The Labute approximate surface area is 135 Å². The summed E-state index contributed by atoms with van der Waals surface area (Å²) in [7, 11) is 1.50. The van der Waals surface area contributed by atoms with E-state index in [1.54, 1.807) is 31.2 Å². The molecule has 7 heteroatoms. The molecule has 0 radical (unpaired) electrons. The van der Waals surface area contributed by atoms with E-state index in [4.69, 9.17) is 15.2 Å². The van der Waals surface area contributed by atoms with Gasteiger partial charge in [-0.2, -0.15) is 0 Å². The molecule has 2 rings (SSSR count). The summed E-state index contributed by atoms with van der Waals surface area (Å²) in [6.07, 6.45) is 0.904. The van der Waals surface area contributed by atoms with E-state index in [0.29, 0.717) is 18.0 Å². The molecule has 4 N–H and O–H groups in total. The van der Waals surface area contributed by atoms with E-state index in [9.17, 15) is 9.59 Å². The minimum Gasteiger partial charge on any atom is -0.380 e. The predicted molar refractivity (Wildman–Crippen MR) is 87.1 cm³/mol. The number of benzene rings is 1. The van der Waals surface area contributed by atoms with Crippen molar-refractivity contribution in [2.24, 2.45) is 5.73 Å². The van der Waals surface area contributed by atoms with Crippen LogP contribution in [0.4, 0.5) is 11.4 Å². The molecule has 0 aromatic heterocycles. The molecule has 3 atom stereocenters. The maximum Gasteiger partial charge on any atom is 0.253 e. The summed E-state index contributed by atoms with van der Waals surface area (Å²) >= 11 is 0. The maximum absolute atomic E-state index is 11.9. The van der Waals surface area contributed by atoms with Crippen molar-refractivity contribution < 1.29 is 19.1 Å². The number of nitrogens with two attached hydrogens (primary N) is 1. The monoisotopic (exact) mass is 321 g/mol. The van der Waals surface area contributed by atoms with Gasteiger partial charge < -0.3 is 25.8 Å². The van der Waals surface area contributed by atoms with Gasteiger partial charge >= 0.3 is 0 Å². The van der Waals surface area contributed by atoms with Crippen LogP contribution < -0.4 is 16.4 Å². The number of carbonyl (C=O) groups excluding carboxylic acids is 2. The SMILES string of the molecule is CO[C@H](C)[C@H](N)C(=O)Nc1ccc(NC(=O)C2CCCO2)cc1. The Hall–Kier alpha value is -1.96. The second-order valence-electron chi connectivity index (χ2n) is 5.52. The van der Waals surface area contributed by atoms with Crippen LogP contribution in [0.2, 0.25) is 0 Å². The molecule has 1 aromatic carbocycles. The van der Waals surface area contributed by atoms with E-state index in [1.165, 1.54) is 7.11 Å². The minimum atomic E-state index is -0.751. The van der Waals surface area contributed by atoms with Crippen molar-refractivity contribution in [3.05, 3.63) is 24.3 Å². The van der Waals surface area contributed by atoms with Crippen LogP contribution in [0.15, 0.2) is 24.3 Å². The van der Waals surface area contributed by atoms with E-state index in [-0.39, 0.29) is 24.0 Å². The number of hydrogen-bond acceptors (Lipinski definition) is 5. The highest BCUT2D eigenvalue weighted by Crippen LogP contribution is 2.17. The average molecular weight is 321 g/mol. The van der Waals surface area contributed by atoms with Crippen molar-refractivity contribution in [1.82, 2.24) is 0 Å². The standard InChI is InChI=1S/C16H23N3O4/c1-10(22-2)14(17)16(21)19-12-7-5-11(6-8-12)18-15(20)13-4-3-9-23-13/h5-8,10,13-14H,3-4,9,17H2,1-2H3,(H,18,20)(H,19,21)/t10-,13?,14+/m1/s1. The topological polar surface area (TPSA) is 103 Å². The molecule has 1 unspecified atom stereocenters. The number of nitrogens with one attached hydrogen (secondary N) is 2. The molecular weight excluding hydrogens is 298 g/mol. The molecule has 0 spiro atoms. The van der Waals surface area contributed by atoms with Gasteiger partial charge in [0, 0.05) is 25.1 Å². The zero-order chi connectivity index (χ0) is 16.8. The third kappa shape index (κ3) is 4.75. The summed E-state index contributed by atoms with van der Waals surface area (Å²) in [5, 5.41) is 5.50. The Morgan fingerprint density at radius 3 is 2.39 bits per heavy atom. The van der Waals surface area contributed by atoms with Gasteiger partial charge in [0.2, 0.25) is 5.91 Å². The van der Waals surface area contributed by atoms with E-state index in [0.717, 1.165) is 12.8 Å². The summed E-state index contributed by atoms with van der Waals surface area (Å²) in [5.74, 6) is -0.467. The van der Waals surface area contributed by atoms with E-state index < -0.39 is 6.04 Å². The predicted octanol–water partition coefficient (Wildman–Crippen LogP) is 1.10. The van der Waals surface area contributed by atoms with Gasteiger partial charge in [-0.3, -0.25) is 9.59 Å². The van der Waals surface area contributed by atoms with Gasteiger partial charge in [-0.05, 0) is 44.0 Å². The lowest BCUT2D eigenvalue weighted by atomic mass is 10.1. The first-order valence-electron chi connectivity index (χ1n) is 7.63. The summed E-state index contributed by atoms with van der Waals surface area (Å²) in [5.41, 5.74) is 7.03. The van der Waals surface area contributed by atoms with Crippen LogP contribution in [0.3, 0.4) is 0 Å². The lowest BCUT2D eigenvalue weighted by molar-refractivity contribution is -0.124. The highest BCUT2D eigenvalue weighted by molar-refractivity contribution is 5.96. The Morgan fingerprint density at radius 1 is 1.26 bits per heavy atom. The van der Waals surface area contributed by atoms with Crippen LogP contribution in [-0.4, -0.2) is 43.8 Å². The van der Waals surface area contributed by atoms with Gasteiger partial charge in [0.05, 0.1) is 6.10 Å². The fraction of sp³-hybridized carbons (Fsp3) is 0.500. The molecule has 1 aliphatic rings. The molecule has 0 bridgehead atoms. The first-order chi connectivity index (χ1) is 11.0. The first kappa shape index (κ1) is 17.4. The zero-order valence-corrected chi connectivity index (χ0v) is 13.4. The molecule has 1 heterocycles. The Bertz CT molecular complexity index is 541. The molecule has 23 heavy (non-hydrogen) atoms. The maximum atomic E-state index is 11.9. The van der Waals surface area contributed by atoms with Crippen LogP contribution in [-0.2, 0) is 19.1 Å². The van der Waals surface area contributed by atoms with Crippen molar-refractivity contribution in [2.45, 2.75) is 38.0 Å². The fourth-order valence-corrected chi connectivity index (χ4v) is 2.23. The molecular formula is C16H23N3O4. The number of rotatable bonds is 6. The average Bonchev–Trinajstić information content (AvgIpc) is 3.09. The summed E-state index contributed by atoms with van der Waals surface area (Å²) < 4.78 is 10.4. The highest BCUT2D eigenvalue weighted by atomic mass is 16.5. The zero-order valence-electron chi connectivity index (χ0n) is 13.4. The number of carbonyl (C=O) groups is 2. The number of amides is 2. The molecule has 1 fully saturated rings. The number of ether oxygens (including phenoxy) is 2. The molecule has 7 nitrogen and oxygen atoms in total. The number of hydrogen-bond donors (Lipinski definition) is 3. The molecule has 0 saturated carbocycles. The second kappa shape index (κ2) is 8.05. The van der Waals surface area contributed by atoms with Gasteiger partial charge in [-0.25, -0.2) is 0 Å². The molecule has 0 aliphatic carbocycles. The summed E-state index contributed by atoms with van der Waals surface area (Å²) in [4.78, 5) is 23.9. The largest absolute Gasteiger partial charge is 0.380 e. The van der Waals surface area contributed by atoms with Crippen molar-refractivity contribution in [3.8, 4) is 0 Å². The van der Waals surface area contributed by atoms with E-state index in [2.05, 4.69) is 10.6 Å². The molecule has 1 aromatic rings. The van der Waals surface area contributed by atoms with Gasteiger partial charge in [-0.1, -0.05) is 0 Å². The summed E-state index contributed by atoms with van der Waals surface area (Å²) in [6.45, 7) is 2.36. The van der Waals surface area contributed by atoms with Gasteiger partial charge in [0.25, 0.3) is 5.91 Å². The Morgan fingerprint density at radius 2 is 1.87 bits per heavy atom. The first-order valence-corrected chi connectivity index (χ1v) is 7.63. The van der Waals surface area contributed by atoms with Gasteiger partial charge in [0.1, 0.15) is 12.1 Å². The van der Waals surface area contributed by atoms with Crippen LogP contribution in [0.5, 0.6) is 0 Å². The van der Waals surface area contributed by atoms with Crippen LogP contribution >= 0.6 is 0 Å². The van der Waals surface area contributed by atoms with Crippen molar-refractivity contribution in [1.29, 1.82) is 0 Å². The Kier molecular flexibility index (Phi) is 6.09. The third-order valence-corrected chi connectivity index (χ3v) is 3.82. The second-order valence-corrected chi connectivity index (χ2v) is 5.52. The van der Waals surface area contributed by atoms with Crippen molar-refractivity contribution in [2.75, 3.05) is 24.4 Å². The lowest BCUT2D eigenvalue weighted by Gasteiger charge is -2.18. The van der Waals surface area contributed by atoms with Gasteiger partial charge in [-0.15, -0.1) is 0 Å². The normalized spacial score (nSPS) is 19.9. The molecule has 2 amide bonds. The number of methoxy groups -OCH3 is 1. The number of anilines is 2. The van der Waals surface area contributed by atoms with Crippen LogP contribution in [0.1, 0.15) is 19.8 Å². The lowest BCUT2D eigenvalue weighted by Crippen LogP contribution is -2.44. The van der Waals surface area contributed by atoms with Crippen molar-refractivity contribution in [3.63, 3.8) is 0 Å². The third-order valence-electron chi connectivity index (χ3n) is 3.82.